The van der Waals surface area contributed by atoms with Gasteiger partial charge >= 0.3 is 0 Å². The molecule has 0 bridgehead atoms. The smallest absolute Gasteiger partial charge is 0.0543 e. The summed E-state index contributed by atoms with van der Waals surface area (Å²) in [5.74, 6) is 6.50. The molecule has 9 unspecified atom stereocenters. The minimum Gasteiger partial charge on any atom is -0.393 e. The summed E-state index contributed by atoms with van der Waals surface area (Å²) in [6.45, 7) is 12.7. The predicted molar refractivity (Wildman–Crippen MR) is 124 cm³/mol. The van der Waals surface area contributed by atoms with E-state index in [-0.39, 0.29) is 6.10 Å². The number of fused-ring (bicyclic) bond motifs is 5. The molecule has 0 aromatic heterocycles. The molecule has 1 nitrogen and oxygen atoms in total. The van der Waals surface area contributed by atoms with Crippen LogP contribution in [-0.2, 0) is 0 Å². The third-order valence-corrected chi connectivity index (χ3v) is 11.1. The molecule has 1 heteroatoms. The fourth-order valence-corrected chi connectivity index (χ4v) is 9.43. The molecular weight excluding hydrogens is 352 g/mol. The van der Waals surface area contributed by atoms with E-state index >= 15 is 0 Å². The summed E-state index contributed by atoms with van der Waals surface area (Å²) in [5, 5.41) is 10.3. The minimum absolute atomic E-state index is 0.00844. The van der Waals surface area contributed by atoms with Crippen molar-refractivity contribution >= 4 is 0 Å². The molecule has 4 rings (SSSR count). The summed E-state index contributed by atoms with van der Waals surface area (Å²) in [4.78, 5) is 0. The normalized spacial score (nSPS) is 48.1. The zero-order valence-corrected chi connectivity index (χ0v) is 20.3. The Hall–Kier alpha value is -0.0400. The summed E-state index contributed by atoms with van der Waals surface area (Å²) < 4.78 is 0. The number of unbranched alkanes of at least 4 members (excludes halogenated alkanes) is 1. The molecule has 0 saturated heterocycles. The van der Waals surface area contributed by atoms with E-state index in [9.17, 15) is 5.11 Å². The molecule has 1 N–H and O–H groups in total. The highest BCUT2D eigenvalue weighted by atomic mass is 16.3. The third kappa shape index (κ3) is 3.96. The summed E-state index contributed by atoms with van der Waals surface area (Å²) in [6.07, 6.45) is 18.1. The van der Waals surface area contributed by atoms with Crippen molar-refractivity contribution in [1.82, 2.24) is 0 Å². The molecule has 4 fully saturated rings. The lowest BCUT2D eigenvalue weighted by Gasteiger charge is -2.61. The number of hydrogen-bond donors (Lipinski definition) is 1. The van der Waals surface area contributed by atoms with Gasteiger partial charge in [-0.2, -0.15) is 0 Å². The molecule has 0 aromatic rings. The lowest BCUT2D eigenvalue weighted by molar-refractivity contribution is -0.129. The minimum atomic E-state index is -0.00844. The second kappa shape index (κ2) is 8.48. The summed E-state index contributed by atoms with van der Waals surface area (Å²) in [6, 6.07) is 0. The highest BCUT2D eigenvalue weighted by Crippen LogP contribution is 2.68. The maximum Gasteiger partial charge on any atom is 0.0543 e. The van der Waals surface area contributed by atoms with E-state index < -0.39 is 0 Å². The van der Waals surface area contributed by atoms with E-state index in [2.05, 4.69) is 34.6 Å². The van der Waals surface area contributed by atoms with E-state index in [0.29, 0.717) is 10.8 Å². The molecule has 4 saturated carbocycles. The van der Waals surface area contributed by atoms with Crippen LogP contribution in [0.4, 0.5) is 0 Å². The fraction of sp³-hybridized carbons (Fsp3) is 1.00. The molecule has 9 atom stereocenters. The monoisotopic (exact) mass is 402 g/mol. The molecule has 4 aliphatic carbocycles. The van der Waals surface area contributed by atoms with Crippen molar-refractivity contribution in [3.8, 4) is 0 Å². The van der Waals surface area contributed by atoms with Crippen molar-refractivity contribution in [3.05, 3.63) is 0 Å². The second-order valence-corrected chi connectivity index (χ2v) is 13.0. The van der Waals surface area contributed by atoms with Gasteiger partial charge < -0.3 is 5.11 Å². The Kier molecular flexibility index (Phi) is 6.48. The van der Waals surface area contributed by atoms with Gasteiger partial charge in [0.2, 0.25) is 0 Å². The van der Waals surface area contributed by atoms with E-state index in [1.54, 1.807) is 0 Å². The summed E-state index contributed by atoms with van der Waals surface area (Å²) >= 11 is 0. The largest absolute Gasteiger partial charge is 0.393 e. The van der Waals surface area contributed by atoms with Crippen LogP contribution in [0.3, 0.4) is 0 Å². The zero-order valence-electron chi connectivity index (χ0n) is 20.3. The molecule has 29 heavy (non-hydrogen) atoms. The molecule has 0 spiro atoms. The molecule has 4 aliphatic rings. The van der Waals surface area contributed by atoms with Gasteiger partial charge in [0, 0.05) is 0 Å². The van der Waals surface area contributed by atoms with Gasteiger partial charge in [0.15, 0.2) is 0 Å². The first-order chi connectivity index (χ1) is 13.8. The number of aliphatic hydroxyl groups excluding tert-OH is 1. The maximum atomic E-state index is 10.3. The van der Waals surface area contributed by atoms with Crippen LogP contribution in [0, 0.1) is 52.3 Å². The molecular formula is C28H50O. The zero-order chi connectivity index (χ0) is 20.8. The van der Waals surface area contributed by atoms with Gasteiger partial charge in [0.1, 0.15) is 0 Å². The van der Waals surface area contributed by atoms with Crippen LogP contribution in [0.25, 0.3) is 0 Å². The predicted octanol–water partition coefficient (Wildman–Crippen LogP) is 7.86. The van der Waals surface area contributed by atoms with Crippen LogP contribution in [0.2, 0.25) is 0 Å². The van der Waals surface area contributed by atoms with E-state index in [1.807, 2.05) is 0 Å². The van der Waals surface area contributed by atoms with Gasteiger partial charge in [-0.05, 0) is 110 Å². The highest BCUT2D eigenvalue weighted by Gasteiger charge is 2.60. The molecule has 0 radical (unpaired) electrons. The van der Waals surface area contributed by atoms with Gasteiger partial charge in [0.25, 0.3) is 0 Å². The average molecular weight is 403 g/mol. The summed E-state index contributed by atoms with van der Waals surface area (Å²) in [7, 11) is 0. The molecule has 0 aliphatic heterocycles. The van der Waals surface area contributed by atoms with Crippen LogP contribution in [0.15, 0.2) is 0 Å². The Morgan fingerprint density at radius 2 is 1.48 bits per heavy atom. The standard InChI is InChI=1S/C28H50O/c1-19(2)8-6-7-9-20(3)24-12-13-25-23-11-10-21-18-22(29)14-16-27(21,4)26(23)15-17-28(24,25)5/h19-26,29H,6-18H2,1-5H3. The first kappa shape index (κ1) is 22.2. The van der Waals surface area contributed by atoms with E-state index in [4.69, 9.17) is 0 Å². The quantitative estimate of drug-likeness (QED) is 0.448. The van der Waals surface area contributed by atoms with E-state index in [0.717, 1.165) is 54.3 Å². The lowest BCUT2D eigenvalue weighted by Crippen LogP contribution is -2.54. The molecule has 0 heterocycles. The van der Waals surface area contributed by atoms with E-state index in [1.165, 1.54) is 70.6 Å². The van der Waals surface area contributed by atoms with Crippen LogP contribution < -0.4 is 0 Å². The maximum absolute atomic E-state index is 10.3. The highest BCUT2D eigenvalue weighted by molar-refractivity contribution is 5.09. The van der Waals surface area contributed by atoms with Crippen molar-refractivity contribution < 1.29 is 5.11 Å². The summed E-state index contributed by atoms with van der Waals surface area (Å²) in [5.41, 5.74) is 1.15. The Morgan fingerprint density at radius 1 is 0.793 bits per heavy atom. The fourth-order valence-electron chi connectivity index (χ4n) is 9.43. The topological polar surface area (TPSA) is 20.2 Å². The molecule has 168 valence electrons. The van der Waals surface area contributed by atoms with Crippen LogP contribution in [-0.4, -0.2) is 11.2 Å². The Bertz CT molecular complexity index is 555. The number of hydrogen-bond acceptors (Lipinski definition) is 1. The van der Waals surface area contributed by atoms with Crippen LogP contribution in [0.5, 0.6) is 0 Å². The number of aliphatic hydroxyl groups is 1. The van der Waals surface area contributed by atoms with Gasteiger partial charge in [-0.15, -0.1) is 0 Å². The second-order valence-electron chi connectivity index (χ2n) is 13.0. The molecule has 0 amide bonds. The SMILES string of the molecule is CC(C)CCCCC(C)C1CCC2C3CCC4CC(O)CCC4(C)C3CCC12C. The van der Waals surface area contributed by atoms with Crippen molar-refractivity contribution in [2.24, 2.45) is 52.3 Å². The van der Waals surface area contributed by atoms with Crippen LogP contribution in [0.1, 0.15) is 118 Å². The Morgan fingerprint density at radius 3 is 2.24 bits per heavy atom. The Labute approximate surface area is 181 Å². The van der Waals surface area contributed by atoms with Crippen molar-refractivity contribution in [3.63, 3.8) is 0 Å². The Balaban J connectivity index is 1.42. The first-order valence-corrected chi connectivity index (χ1v) is 13.4. The van der Waals surface area contributed by atoms with Gasteiger partial charge in [-0.1, -0.05) is 60.3 Å². The van der Waals surface area contributed by atoms with Crippen molar-refractivity contribution in [2.75, 3.05) is 0 Å². The first-order valence-electron chi connectivity index (χ1n) is 13.4. The van der Waals surface area contributed by atoms with Crippen LogP contribution >= 0.6 is 0 Å². The average Bonchev–Trinajstić information content (AvgIpc) is 3.03. The van der Waals surface area contributed by atoms with Gasteiger partial charge in [-0.3, -0.25) is 0 Å². The third-order valence-electron chi connectivity index (χ3n) is 11.1. The van der Waals surface area contributed by atoms with Gasteiger partial charge in [0.05, 0.1) is 6.10 Å². The molecule has 0 aromatic carbocycles. The van der Waals surface area contributed by atoms with Gasteiger partial charge in [-0.25, -0.2) is 0 Å². The lowest BCUT2D eigenvalue weighted by atomic mass is 9.44. The van der Waals surface area contributed by atoms with Crippen molar-refractivity contribution in [2.45, 2.75) is 124 Å². The van der Waals surface area contributed by atoms with Crippen molar-refractivity contribution in [1.29, 1.82) is 0 Å². The number of rotatable bonds is 6.